The molecule has 0 unspecified atom stereocenters. The molecule has 2 aromatic carbocycles. The van der Waals surface area contributed by atoms with E-state index >= 15 is 0 Å². The van der Waals surface area contributed by atoms with Gasteiger partial charge in [-0.05, 0) is 42.8 Å². The van der Waals surface area contributed by atoms with E-state index in [1.807, 2.05) is 25.1 Å². The fourth-order valence-corrected chi connectivity index (χ4v) is 2.42. The third-order valence-corrected chi connectivity index (χ3v) is 3.44. The number of amides is 1. The van der Waals surface area contributed by atoms with E-state index in [0.29, 0.717) is 11.3 Å². The van der Waals surface area contributed by atoms with Crippen molar-refractivity contribution in [3.05, 3.63) is 70.5 Å². The van der Waals surface area contributed by atoms with E-state index < -0.39 is 0 Å². The van der Waals surface area contributed by atoms with Crippen molar-refractivity contribution in [2.24, 2.45) is 0 Å². The van der Waals surface area contributed by atoms with E-state index in [0.717, 1.165) is 16.7 Å². The summed E-state index contributed by atoms with van der Waals surface area (Å²) in [6.45, 7) is 1.97. The van der Waals surface area contributed by atoms with Gasteiger partial charge in [0.05, 0.1) is 18.4 Å². The van der Waals surface area contributed by atoms with Crippen molar-refractivity contribution in [3.63, 3.8) is 0 Å². The molecule has 0 fully saturated rings. The van der Waals surface area contributed by atoms with Crippen molar-refractivity contribution in [2.75, 3.05) is 7.11 Å². The second-order valence-corrected chi connectivity index (χ2v) is 4.91. The van der Waals surface area contributed by atoms with Gasteiger partial charge >= 0.3 is 0 Å². The minimum absolute atomic E-state index is 0.194. The molecule has 1 heterocycles. The highest BCUT2D eigenvalue weighted by Gasteiger charge is 2.32. The normalized spacial score (nSPS) is 15.7. The molecule has 0 aromatic heterocycles. The maximum atomic E-state index is 13.0. The Morgan fingerprint density at radius 1 is 1.10 bits per heavy atom. The number of rotatable bonds is 2. The van der Waals surface area contributed by atoms with Gasteiger partial charge in [0.25, 0.3) is 5.91 Å². The summed E-state index contributed by atoms with van der Waals surface area (Å²) in [6.07, 6.45) is 1.81. The van der Waals surface area contributed by atoms with Crippen molar-refractivity contribution >= 4 is 17.7 Å². The molecular formula is C17H14FNO2. The van der Waals surface area contributed by atoms with E-state index in [-0.39, 0.29) is 11.7 Å². The predicted octanol–water partition coefficient (Wildman–Crippen LogP) is 3.65. The molecule has 0 spiro atoms. The smallest absolute Gasteiger partial charge is 0.269 e. The van der Waals surface area contributed by atoms with Crippen molar-refractivity contribution in [2.45, 2.75) is 6.92 Å². The van der Waals surface area contributed by atoms with Gasteiger partial charge in [0.2, 0.25) is 0 Å². The molecule has 0 radical (unpaired) electrons. The van der Waals surface area contributed by atoms with Crippen LogP contribution < -0.4 is 0 Å². The van der Waals surface area contributed by atoms with Crippen LogP contribution in [0.4, 0.5) is 4.39 Å². The molecule has 0 N–H and O–H groups in total. The molecule has 3 nitrogen and oxygen atoms in total. The molecule has 106 valence electrons. The molecule has 1 amide bonds. The van der Waals surface area contributed by atoms with Crippen LogP contribution >= 0.6 is 0 Å². The lowest BCUT2D eigenvalue weighted by Gasteiger charge is -2.14. The van der Waals surface area contributed by atoms with Crippen LogP contribution in [0, 0.1) is 12.7 Å². The Hall–Kier alpha value is -2.46. The summed E-state index contributed by atoms with van der Waals surface area (Å²) >= 11 is 0. The summed E-state index contributed by atoms with van der Waals surface area (Å²) in [4.78, 5) is 17.5. The first kappa shape index (κ1) is 13.5. The molecule has 0 bridgehead atoms. The number of nitrogens with zero attached hydrogens (tertiary/aromatic N) is 1. The van der Waals surface area contributed by atoms with Gasteiger partial charge in [0, 0.05) is 5.56 Å². The number of halogens is 1. The first-order chi connectivity index (χ1) is 10.1. The van der Waals surface area contributed by atoms with Crippen LogP contribution in [0.2, 0.25) is 0 Å². The van der Waals surface area contributed by atoms with Crippen molar-refractivity contribution in [3.8, 4) is 0 Å². The molecule has 0 saturated carbocycles. The van der Waals surface area contributed by atoms with Gasteiger partial charge in [0.15, 0.2) is 0 Å². The number of fused-ring (bicyclic) bond motifs is 1. The lowest BCUT2D eigenvalue weighted by Crippen LogP contribution is -2.21. The van der Waals surface area contributed by atoms with Gasteiger partial charge < -0.3 is 0 Å². The molecule has 0 atom stereocenters. The fourth-order valence-electron chi connectivity index (χ4n) is 2.42. The van der Waals surface area contributed by atoms with E-state index in [1.54, 1.807) is 18.2 Å². The number of carbonyl (C=O) groups excluding carboxylic acids is 1. The minimum Gasteiger partial charge on any atom is -0.269 e. The maximum Gasteiger partial charge on any atom is 0.282 e. The Morgan fingerprint density at radius 3 is 2.48 bits per heavy atom. The zero-order valence-electron chi connectivity index (χ0n) is 11.8. The number of hydrogen-bond acceptors (Lipinski definition) is 2. The van der Waals surface area contributed by atoms with Gasteiger partial charge in [-0.15, -0.1) is 0 Å². The Labute approximate surface area is 122 Å². The van der Waals surface area contributed by atoms with Crippen LogP contribution in [0.3, 0.4) is 0 Å². The largest absolute Gasteiger partial charge is 0.282 e. The highest BCUT2D eigenvalue weighted by molar-refractivity contribution is 6.11. The number of hydrogen-bond donors (Lipinski definition) is 0. The standard InChI is InChI=1S/C17H14FNO2/c1-11-3-8-14-15(9-11)16(19(21-2)17(14)20)10-12-4-6-13(18)7-5-12/h3-10H,1-2H3/b16-10+. The third kappa shape index (κ3) is 2.34. The Morgan fingerprint density at radius 2 is 1.81 bits per heavy atom. The van der Waals surface area contributed by atoms with Gasteiger partial charge in [-0.25, -0.2) is 4.39 Å². The number of benzene rings is 2. The summed E-state index contributed by atoms with van der Waals surface area (Å²) in [5.41, 5.74) is 3.95. The van der Waals surface area contributed by atoms with Crippen LogP contribution in [0.1, 0.15) is 27.0 Å². The monoisotopic (exact) mass is 283 g/mol. The quantitative estimate of drug-likeness (QED) is 0.842. The number of aryl methyl sites for hydroxylation is 1. The van der Waals surface area contributed by atoms with Crippen LogP contribution in [0.25, 0.3) is 11.8 Å². The number of hydroxylamine groups is 2. The molecular weight excluding hydrogens is 269 g/mol. The maximum absolute atomic E-state index is 13.0. The topological polar surface area (TPSA) is 29.5 Å². The van der Waals surface area contributed by atoms with Crippen molar-refractivity contribution in [1.82, 2.24) is 5.06 Å². The van der Waals surface area contributed by atoms with Crippen LogP contribution in [0.5, 0.6) is 0 Å². The van der Waals surface area contributed by atoms with E-state index in [2.05, 4.69) is 0 Å². The lowest BCUT2D eigenvalue weighted by molar-refractivity contribution is -0.0451. The van der Waals surface area contributed by atoms with Crippen LogP contribution in [-0.4, -0.2) is 18.1 Å². The Balaban J connectivity index is 2.14. The van der Waals surface area contributed by atoms with Crippen LogP contribution in [0.15, 0.2) is 42.5 Å². The zero-order valence-corrected chi connectivity index (χ0v) is 11.8. The van der Waals surface area contributed by atoms with Gasteiger partial charge in [-0.1, -0.05) is 23.8 Å². The van der Waals surface area contributed by atoms with E-state index in [1.165, 1.54) is 24.3 Å². The predicted molar refractivity (Wildman–Crippen MR) is 78.6 cm³/mol. The molecule has 21 heavy (non-hydrogen) atoms. The van der Waals surface area contributed by atoms with Crippen LogP contribution in [-0.2, 0) is 4.84 Å². The summed E-state index contributed by atoms with van der Waals surface area (Å²) in [5.74, 6) is -0.486. The van der Waals surface area contributed by atoms with Gasteiger partial charge in [0.1, 0.15) is 5.82 Å². The first-order valence-corrected chi connectivity index (χ1v) is 6.57. The number of carbonyl (C=O) groups is 1. The summed E-state index contributed by atoms with van der Waals surface area (Å²) in [7, 11) is 1.45. The zero-order chi connectivity index (χ0) is 15.0. The summed E-state index contributed by atoms with van der Waals surface area (Å²) in [6, 6.07) is 11.7. The Kier molecular flexibility index (Phi) is 3.31. The highest BCUT2D eigenvalue weighted by atomic mass is 19.1. The molecule has 1 aliphatic rings. The summed E-state index contributed by atoms with van der Waals surface area (Å²) < 4.78 is 13.0. The average Bonchev–Trinajstić information content (AvgIpc) is 2.73. The minimum atomic E-state index is -0.292. The fraction of sp³-hybridized carbons (Fsp3) is 0.118. The van der Waals surface area contributed by atoms with Gasteiger partial charge in [-0.3, -0.25) is 9.63 Å². The second kappa shape index (κ2) is 5.14. The molecule has 0 aliphatic carbocycles. The molecule has 0 saturated heterocycles. The average molecular weight is 283 g/mol. The molecule has 4 heteroatoms. The molecule has 1 aliphatic heterocycles. The van der Waals surface area contributed by atoms with Crippen molar-refractivity contribution in [1.29, 1.82) is 0 Å². The van der Waals surface area contributed by atoms with E-state index in [4.69, 9.17) is 4.84 Å². The first-order valence-electron chi connectivity index (χ1n) is 6.57. The summed E-state index contributed by atoms with van der Waals surface area (Å²) in [5, 5.41) is 1.26. The molecule has 3 rings (SSSR count). The van der Waals surface area contributed by atoms with E-state index in [9.17, 15) is 9.18 Å². The lowest BCUT2D eigenvalue weighted by atomic mass is 10.0. The second-order valence-electron chi connectivity index (χ2n) is 4.91. The van der Waals surface area contributed by atoms with Crippen molar-refractivity contribution < 1.29 is 14.0 Å². The van der Waals surface area contributed by atoms with Gasteiger partial charge in [-0.2, -0.15) is 5.06 Å². The SMILES string of the molecule is CON1C(=O)c2ccc(C)cc2/C1=C\c1ccc(F)cc1. The Bertz CT molecular complexity index is 735. The highest BCUT2D eigenvalue weighted by Crippen LogP contribution is 2.34. The molecule has 2 aromatic rings. The third-order valence-electron chi connectivity index (χ3n) is 3.44.